The van der Waals surface area contributed by atoms with Crippen molar-refractivity contribution in [2.45, 2.75) is 20.8 Å². The molecule has 2 aromatic carbocycles. The first-order chi connectivity index (χ1) is 13.3. The monoisotopic (exact) mass is 380 g/mol. The molecule has 1 aliphatic rings. The molecule has 1 aliphatic heterocycles. The summed E-state index contributed by atoms with van der Waals surface area (Å²) in [5, 5.41) is 5.87. The Labute approximate surface area is 166 Å². The zero-order chi connectivity index (χ0) is 20.1. The van der Waals surface area contributed by atoms with Gasteiger partial charge in [-0.2, -0.15) is 0 Å². The lowest BCUT2D eigenvalue weighted by Gasteiger charge is -2.36. The molecule has 0 aromatic heterocycles. The molecule has 0 aliphatic carbocycles. The highest BCUT2D eigenvalue weighted by Crippen LogP contribution is 2.22. The number of para-hydroxylation sites is 1. The molecule has 1 fully saturated rings. The van der Waals surface area contributed by atoms with Crippen molar-refractivity contribution in [1.82, 2.24) is 4.90 Å². The maximum Gasteiger partial charge on any atom is 0.321 e. The summed E-state index contributed by atoms with van der Waals surface area (Å²) >= 11 is 0. The van der Waals surface area contributed by atoms with E-state index in [2.05, 4.69) is 15.5 Å². The van der Waals surface area contributed by atoms with Gasteiger partial charge < -0.3 is 20.4 Å². The third-order valence-electron chi connectivity index (χ3n) is 4.76. The molecular formula is C22H28N4O2. The largest absolute Gasteiger partial charge is 0.368 e. The van der Waals surface area contributed by atoms with Crippen LogP contribution >= 0.6 is 0 Å². The van der Waals surface area contributed by atoms with Crippen LogP contribution in [-0.4, -0.2) is 43.0 Å². The smallest absolute Gasteiger partial charge is 0.321 e. The average Bonchev–Trinajstić information content (AvgIpc) is 2.69. The number of benzene rings is 2. The van der Waals surface area contributed by atoms with E-state index in [1.165, 1.54) is 0 Å². The third-order valence-corrected chi connectivity index (χ3v) is 4.76. The van der Waals surface area contributed by atoms with Crippen LogP contribution in [0.2, 0.25) is 0 Å². The van der Waals surface area contributed by atoms with Gasteiger partial charge >= 0.3 is 6.03 Å². The summed E-state index contributed by atoms with van der Waals surface area (Å²) < 4.78 is 0. The highest BCUT2D eigenvalue weighted by atomic mass is 16.2. The van der Waals surface area contributed by atoms with Gasteiger partial charge in [-0.25, -0.2) is 4.79 Å². The van der Waals surface area contributed by atoms with E-state index in [0.717, 1.165) is 30.2 Å². The number of carbonyl (C=O) groups is 2. The number of rotatable bonds is 3. The van der Waals surface area contributed by atoms with Crippen molar-refractivity contribution < 1.29 is 9.59 Å². The summed E-state index contributed by atoms with van der Waals surface area (Å²) in [6, 6.07) is 17.3. The van der Waals surface area contributed by atoms with Crippen molar-refractivity contribution in [2.24, 2.45) is 5.41 Å². The minimum atomic E-state index is -0.421. The van der Waals surface area contributed by atoms with Gasteiger partial charge in [0.15, 0.2) is 0 Å². The fraction of sp³-hybridized carbons (Fsp3) is 0.364. The molecule has 3 rings (SSSR count). The maximum absolute atomic E-state index is 12.4. The molecule has 0 spiro atoms. The second-order valence-electron chi connectivity index (χ2n) is 8.02. The standard InChI is InChI=1S/C22H28N4O2/c1-22(2,3)20(27)23-18-9-11-19(12-10-18)25-13-15-26(16-14-25)21(28)24-17-7-5-4-6-8-17/h4-12H,13-16H2,1-3H3,(H,23,27)(H,24,28). The zero-order valence-electron chi connectivity index (χ0n) is 16.7. The number of hydrogen-bond acceptors (Lipinski definition) is 3. The molecule has 28 heavy (non-hydrogen) atoms. The second kappa shape index (κ2) is 8.33. The first-order valence-electron chi connectivity index (χ1n) is 9.60. The van der Waals surface area contributed by atoms with Gasteiger partial charge in [0.25, 0.3) is 0 Å². The number of anilines is 3. The fourth-order valence-corrected chi connectivity index (χ4v) is 2.97. The molecule has 2 N–H and O–H groups in total. The molecule has 0 bridgehead atoms. The van der Waals surface area contributed by atoms with Gasteiger partial charge in [0.05, 0.1) is 0 Å². The van der Waals surface area contributed by atoms with Crippen LogP contribution in [0.25, 0.3) is 0 Å². The van der Waals surface area contributed by atoms with Crippen molar-refractivity contribution in [3.8, 4) is 0 Å². The molecule has 6 nitrogen and oxygen atoms in total. The number of carbonyl (C=O) groups excluding carboxylic acids is 2. The molecule has 1 saturated heterocycles. The van der Waals surface area contributed by atoms with Gasteiger partial charge in [0, 0.05) is 48.7 Å². The van der Waals surface area contributed by atoms with Crippen LogP contribution in [0.5, 0.6) is 0 Å². The van der Waals surface area contributed by atoms with E-state index < -0.39 is 5.41 Å². The Morgan fingerprint density at radius 2 is 1.36 bits per heavy atom. The van der Waals surface area contributed by atoms with Gasteiger partial charge in [-0.1, -0.05) is 39.0 Å². The molecular weight excluding hydrogens is 352 g/mol. The topological polar surface area (TPSA) is 64.7 Å². The van der Waals surface area contributed by atoms with Crippen molar-refractivity contribution in [1.29, 1.82) is 0 Å². The summed E-state index contributed by atoms with van der Waals surface area (Å²) in [5.41, 5.74) is 2.28. The maximum atomic E-state index is 12.4. The molecule has 0 atom stereocenters. The fourth-order valence-electron chi connectivity index (χ4n) is 2.97. The SMILES string of the molecule is CC(C)(C)C(=O)Nc1ccc(N2CCN(C(=O)Nc3ccccc3)CC2)cc1. The minimum absolute atomic E-state index is 0.00158. The van der Waals surface area contributed by atoms with E-state index in [0.29, 0.717) is 13.1 Å². The van der Waals surface area contributed by atoms with Crippen LogP contribution < -0.4 is 15.5 Å². The van der Waals surface area contributed by atoms with E-state index >= 15 is 0 Å². The minimum Gasteiger partial charge on any atom is -0.368 e. The van der Waals surface area contributed by atoms with Crippen LogP contribution in [0, 0.1) is 5.41 Å². The van der Waals surface area contributed by atoms with E-state index in [4.69, 9.17) is 0 Å². The Hall–Kier alpha value is -3.02. The first kappa shape index (κ1) is 19.7. The lowest BCUT2D eigenvalue weighted by molar-refractivity contribution is -0.123. The van der Waals surface area contributed by atoms with Crippen LogP contribution in [-0.2, 0) is 4.79 Å². The Morgan fingerprint density at radius 1 is 0.786 bits per heavy atom. The number of piperazine rings is 1. The van der Waals surface area contributed by atoms with Gasteiger partial charge in [0.1, 0.15) is 0 Å². The van der Waals surface area contributed by atoms with Crippen LogP contribution in [0.4, 0.5) is 21.9 Å². The van der Waals surface area contributed by atoms with Crippen LogP contribution in [0.15, 0.2) is 54.6 Å². The van der Waals surface area contributed by atoms with E-state index in [-0.39, 0.29) is 11.9 Å². The third kappa shape index (κ3) is 5.03. The molecule has 6 heteroatoms. The molecule has 2 aromatic rings. The van der Waals surface area contributed by atoms with Crippen LogP contribution in [0.3, 0.4) is 0 Å². The first-order valence-corrected chi connectivity index (χ1v) is 9.60. The number of hydrogen-bond donors (Lipinski definition) is 2. The summed E-state index contributed by atoms with van der Waals surface area (Å²) in [7, 11) is 0. The lowest BCUT2D eigenvalue weighted by Crippen LogP contribution is -2.50. The van der Waals surface area contributed by atoms with Crippen molar-refractivity contribution in [2.75, 3.05) is 41.7 Å². The normalized spacial score (nSPS) is 14.5. The van der Waals surface area contributed by atoms with E-state index in [1.54, 1.807) is 0 Å². The number of amides is 3. The number of nitrogens with one attached hydrogen (secondary N) is 2. The predicted molar refractivity (Wildman–Crippen MR) is 114 cm³/mol. The molecule has 0 radical (unpaired) electrons. The summed E-state index contributed by atoms with van der Waals surface area (Å²) in [6.07, 6.45) is 0. The zero-order valence-corrected chi connectivity index (χ0v) is 16.7. The Kier molecular flexibility index (Phi) is 5.87. The Morgan fingerprint density at radius 3 is 1.93 bits per heavy atom. The highest BCUT2D eigenvalue weighted by Gasteiger charge is 2.23. The number of urea groups is 1. The molecule has 3 amide bonds. The van der Waals surface area contributed by atoms with E-state index in [9.17, 15) is 9.59 Å². The molecule has 0 saturated carbocycles. The van der Waals surface area contributed by atoms with Gasteiger partial charge in [-0.05, 0) is 36.4 Å². The van der Waals surface area contributed by atoms with E-state index in [1.807, 2.05) is 80.3 Å². The highest BCUT2D eigenvalue weighted by molar-refractivity contribution is 5.94. The quantitative estimate of drug-likeness (QED) is 0.845. The second-order valence-corrected chi connectivity index (χ2v) is 8.02. The van der Waals surface area contributed by atoms with Crippen LogP contribution in [0.1, 0.15) is 20.8 Å². The van der Waals surface area contributed by atoms with Gasteiger partial charge in [0.2, 0.25) is 5.91 Å². The lowest BCUT2D eigenvalue weighted by atomic mass is 9.95. The summed E-state index contributed by atoms with van der Waals surface area (Å²) in [5.74, 6) is -0.00158. The Bertz CT molecular complexity index is 805. The Balaban J connectivity index is 1.52. The molecule has 1 heterocycles. The molecule has 0 unspecified atom stereocenters. The summed E-state index contributed by atoms with van der Waals surface area (Å²) in [4.78, 5) is 28.6. The van der Waals surface area contributed by atoms with Crippen molar-refractivity contribution in [3.63, 3.8) is 0 Å². The summed E-state index contributed by atoms with van der Waals surface area (Å²) in [6.45, 7) is 8.56. The number of nitrogens with zero attached hydrogens (tertiary/aromatic N) is 2. The molecule has 148 valence electrons. The van der Waals surface area contributed by atoms with Gasteiger partial charge in [-0.3, -0.25) is 4.79 Å². The van der Waals surface area contributed by atoms with Crippen molar-refractivity contribution in [3.05, 3.63) is 54.6 Å². The average molecular weight is 380 g/mol. The predicted octanol–water partition coefficient (Wildman–Crippen LogP) is 4.03. The van der Waals surface area contributed by atoms with Crippen molar-refractivity contribution >= 4 is 29.0 Å². The van der Waals surface area contributed by atoms with Gasteiger partial charge in [-0.15, -0.1) is 0 Å².